The Morgan fingerprint density at radius 3 is 1.83 bits per heavy atom. The summed E-state index contributed by atoms with van der Waals surface area (Å²) in [7, 11) is 0. The maximum Gasteiger partial charge on any atom is 0.350 e. The van der Waals surface area contributed by atoms with Gasteiger partial charge in [0.1, 0.15) is 17.2 Å². The molecule has 7 nitrogen and oxygen atoms in total. The number of benzene rings is 4. The molecule has 11 heteroatoms. The van der Waals surface area contributed by atoms with Gasteiger partial charge < -0.3 is 19.3 Å². The molecule has 1 spiro atoms. The molecule has 53 heavy (non-hydrogen) atoms. The van der Waals surface area contributed by atoms with Crippen molar-refractivity contribution in [2.45, 2.75) is 75.9 Å². The van der Waals surface area contributed by atoms with Crippen LogP contribution < -0.4 is 0 Å². The van der Waals surface area contributed by atoms with E-state index in [9.17, 15) is 28.3 Å². The third-order valence-electron chi connectivity index (χ3n) is 9.91. The molecule has 2 fully saturated rings. The molecular weight excluding hydrogens is 725 g/mol. The van der Waals surface area contributed by atoms with Gasteiger partial charge in [-0.1, -0.05) is 59.6 Å². The number of rotatable bonds is 8. The van der Waals surface area contributed by atoms with Crippen LogP contribution in [0, 0.1) is 11.6 Å². The van der Waals surface area contributed by atoms with Gasteiger partial charge in [-0.25, -0.2) is 18.4 Å². The first kappa shape index (κ1) is 38.0. The predicted octanol–water partition coefficient (Wildman–Crippen LogP) is 10.4. The van der Waals surface area contributed by atoms with Crippen LogP contribution in [-0.2, 0) is 35.0 Å². The Hall–Kier alpha value is -4.73. The number of aliphatic hydroxyl groups is 1. The Bertz CT molecular complexity index is 2030. The lowest BCUT2D eigenvalue weighted by Crippen LogP contribution is -2.42. The molecular formula is C42H38Cl2F2O7. The second kappa shape index (κ2) is 16.1. The molecule has 1 aliphatic heterocycles. The van der Waals surface area contributed by atoms with Gasteiger partial charge in [0.15, 0.2) is 11.4 Å². The second-order valence-electron chi connectivity index (χ2n) is 13.4. The first-order chi connectivity index (χ1) is 25.4. The zero-order valence-electron chi connectivity index (χ0n) is 29.1. The van der Waals surface area contributed by atoms with Crippen LogP contribution in [0.15, 0.2) is 90.7 Å². The summed E-state index contributed by atoms with van der Waals surface area (Å²) in [5.41, 5.74) is 2.28. The Labute approximate surface area is 316 Å². The first-order valence-electron chi connectivity index (χ1n) is 17.6. The van der Waals surface area contributed by atoms with Gasteiger partial charge in [-0.2, -0.15) is 0 Å². The molecule has 0 atom stereocenters. The lowest BCUT2D eigenvalue weighted by molar-refractivity contribution is -0.181. The first-order valence-corrected chi connectivity index (χ1v) is 18.4. The number of carbonyl (C=O) groups is 3. The van der Waals surface area contributed by atoms with Crippen LogP contribution >= 0.6 is 23.2 Å². The number of carbonyl (C=O) groups excluding carboxylic acids is 3. The molecule has 0 amide bonds. The highest BCUT2D eigenvalue weighted by Crippen LogP contribution is 2.48. The summed E-state index contributed by atoms with van der Waals surface area (Å²) in [6, 6.07) is 22.6. The third kappa shape index (κ3) is 8.26. The van der Waals surface area contributed by atoms with Crippen LogP contribution in [0.3, 0.4) is 0 Å². The molecule has 4 aromatic carbocycles. The minimum atomic E-state index is -1.19. The quantitative estimate of drug-likeness (QED) is 0.141. The van der Waals surface area contributed by atoms with E-state index in [0.717, 1.165) is 47.9 Å². The molecule has 4 aromatic rings. The Morgan fingerprint density at radius 2 is 1.26 bits per heavy atom. The van der Waals surface area contributed by atoms with Crippen LogP contribution in [-0.4, -0.2) is 40.8 Å². The number of halogens is 4. The van der Waals surface area contributed by atoms with Crippen molar-refractivity contribution in [3.63, 3.8) is 0 Å². The maximum absolute atomic E-state index is 13.1. The van der Waals surface area contributed by atoms with Crippen molar-refractivity contribution in [2.24, 2.45) is 0 Å². The number of esters is 3. The Kier molecular flexibility index (Phi) is 11.5. The molecule has 2 saturated carbocycles. The van der Waals surface area contributed by atoms with E-state index in [-0.39, 0.29) is 36.0 Å². The molecule has 2 aliphatic carbocycles. The van der Waals surface area contributed by atoms with E-state index < -0.39 is 29.1 Å². The fourth-order valence-corrected chi connectivity index (χ4v) is 7.56. The van der Waals surface area contributed by atoms with Crippen molar-refractivity contribution in [3.05, 3.63) is 123 Å². The Balaban J connectivity index is 0.000000182. The highest BCUT2D eigenvalue weighted by Gasteiger charge is 2.50. The zero-order chi connectivity index (χ0) is 37.8. The van der Waals surface area contributed by atoms with Crippen molar-refractivity contribution in [3.8, 4) is 22.3 Å². The minimum Gasteiger partial charge on any atom is -0.507 e. The minimum absolute atomic E-state index is 0.0202. The average molecular weight is 764 g/mol. The normalized spacial score (nSPS) is 17.0. The molecule has 0 aromatic heterocycles. The Morgan fingerprint density at radius 1 is 0.755 bits per heavy atom. The smallest absolute Gasteiger partial charge is 0.350 e. The molecule has 0 unspecified atom stereocenters. The lowest BCUT2D eigenvalue weighted by atomic mass is 9.94. The van der Waals surface area contributed by atoms with Crippen molar-refractivity contribution in [1.29, 1.82) is 0 Å². The highest BCUT2D eigenvalue weighted by atomic mass is 35.5. The SMILES string of the molecule is CCOC(=O)C1(OC(=O)Cc2cc(-c3ccc(F)cc3)ccc2Cl)CCCC1.O=C1OC2(CCCC2)C(O)=C1c1cc(-c2ccc(F)cc2)ccc1Cl. The molecule has 7 rings (SSSR count). The molecule has 276 valence electrons. The summed E-state index contributed by atoms with van der Waals surface area (Å²) in [5, 5.41) is 11.5. The van der Waals surface area contributed by atoms with E-state index >= 15 is 0 Å². The predicted molar refractivity (Wildman–Crippen MR) is 198 cm³/mol. The number of ether oxygens (including phenoxy) is 3. The van der Waals surface area contributed by atoms with Crippen LogP contribution in [0.2, 0.25) is 10.0 Å². The average Bonchev–Trinajstić information content (AvgIpc) is 3.87. The fraction of sp³-hybridized carbons (Fsp3) is 0.310. The molecule has 0 bridgehead atoms. The monoisotopic (exact) mass is 762 g/mol. The van der Waals surface area contributed by atoms with E-state index in [1.54, 1.807) is 61.5 Å². The van der Waals surface area contributed by atoms with Crippen LogP contribution in [0.4, 0.5) is 8.78 Å². The summed E-state index contributed by atoms with van der Waals surface area (Å²) in [6.07, 6.45) is 5.59. The standard InChI is InChI=1S/C22H22ClFO4.C20H16ClFO3/c1-2-27-21(26)22(11-3-4-12-22)28-20(25)14-17-13-16(7-10-19(17)23)15-5-8-18(24)9-6-15;21-16-8-5-13(12-3-6-14(22)7-4-12)11-15(16)17-18(23)20(25-19(17)24)9-1-2-10-20/h5-10,13H,2-4,11-12,14H2,1H3;3-8,11,23H,1-2,9-10H2. The van der Waals surface area contributed by atoms with E-state index in [2.05, 4.69) is 0 Å². The van der Waals surface area contributed by atoms with E-state index in [1.165, 1.54) is 24.3 Å². The van der Waals surface area contributed by atoms with Crippen LogP contribution in [0.25, 0.3) is 27.8 Å². The van der Waals surface area contributed by atoms with Crippen LogP contribution in [0.1, 0.15) is 69.4 Å². The molecule has 0 saturated heterocycles. The van der Waals surface area contributed by atoms with E-state index in [1.807, 2.05) is 6.07 Å². The van der Waals surface area contributed by atoms with Crippen molar-refractivity contribution in [1.82, 2.24) is 0 Å². The summed E-state index contributed by atoms with van der Waals surface area (Å²) in [5.74, 6) is -2.20. The largest absolute Gasteiger partial charge is 0.507 e. The topological polar surface area (TPSA) is 99.1 Å². The van der Waals surface area contributed by atoms with E-state index in [0.29, 0.717) is 46.9 Å². The lowest BCUT2D eigenvalue weighted by Gasteiger charge is -2.26. The van der Waals surface area contributed by atoms with Gasteiger partial charge in [0, 0.05) is 15.6 Å². The van der Waals surface area contributed by atoms with Gasteiger partial charge >= 0.3 is 17.9 Å². The van der Waals surface area contributed by atoms with Gasteiger partial charge in [-0.3, -0.25) is 4.79 Å². The van der Waals surface area contributed by atoms with Gasteiger partial charge in [0.25, 0.3) is 0 Å². The van der Waals surface area contributed by atoms with Crippen molar-refractivity contribution < 1.29 is 42.5 Å². The number of hydrogen-bond acceptors (Lipinski definition) is 7. The molecule has 0 radical (unpaired) electrons. The third-order valence-corrected chi connectivity index (χ3v) is 10.6. The van der Waals surface area contributed by atoms with Gasteiger partial charge in [-0.15, -0.1) is 0 Å². The summed E-state index contributed by atoms with van der Waals surface area (Å²) < 4.78 is 42.6. The fourth-order valence-electron chi connectivity index (χ4n) is 7.16. The van der Waals surface area contributed by atoms with Crippen molar-refractivity contribution in [2.75, 3.05) is 6.61 Å². The number of aliphatic hydroxyl groups excluding tert-OH is 1. The second-order valence-corrected chi connectivity index (χ2v) is 14.2. The van der Waals surface area contributed by atoms with Crippen LogP contribution in [0.5, 0.6) is 0 Å². The summed E-state index contributed by atoms with van der Waals surface area (Å²) >= 11 is 12.6. The molecule has 1 heterocycles. The van der Waals surface area contributed by atoms with Crippen molar-refractivity contribution >= 4 is 46.7 Å². The molecule has 3 aliphatic rings. The summed E-state index contributed by atoms with van der Waals surface area (Å²) in [6.45, 7) is 1.97. The van der Waals surface area contributed by atoms with Gasteiger partial charge in [0.05, 0.1) is 13.0 Å². The highest BCUT2D eigenvalue weighted by molar-refractivity contribution is 6.35. The van der Waals surface area contributed by atoms with E-state index in [4.69, 9.17) is 37.4 Å². The molecule has 1 N–H and O–H groups in total. The summed E-state index contributed by atoms with van der Waals surface area (Å²) in [4.78, 5) is 37.4. The van der Waals surface area contributed by atoms with Gasteiger partial charge in [-0.05, 0) is 135 Å². The zero-order valence-corrected chi connectivity index (χ0v) is 30.6. The maximum atomic E-state index is 13.1. The van der Waals surface area contributed by atoms with Gasteiger partial charge in [0.2, 0.25) is 5.60 Å². The number of hydrogen-bond donors (Lipinski definition) is 1.